The molecule has 0 fully saturated rings. The van der Waals surface area contributed by atoms with Crippen molar-refractivity contribution in [3.8, 4) is 0 Å². The molecule has 62 valence electrons. The second-order valence-corrected chi connectivity index (χ2v) is 3.16. The van der Waals surface area contributed by atoms with E-state index >= 15 is 0 Å². The van der Waals surface area contributed by atoms with Crippen LogP contribution in [0.25, 0.3) is 5.65 Å². The third kappa shape index (κ3) is 0.978. The zero-order chi connectivity index (χ0) is 8.55. The lowest BCUT2D eigenvalue weighted by molar-refractivity contribution is 0.849. The van der Waals surface area contributed by atoms with E-state index in [1.54, 1.807) is 12.5 Å². The number of nitrogens with zero attached hydrogens (tertiary/aromatic N) is 3. The summed E-state index contributed by atoms with van der Waals surface area (Å²) in [5.41, 5.74) is 2.21. The van der Waals surface area contributed by atoms with E-state index < -0.39 is 0 Å². The van der Waals surface area contributed by atoms with Crippen LogP contribution in [0.3, 0.4) is 0 Å². The Bertz CT molecular complexity index is 389. The van der Waals surface area contributed by atoms with Crippen LogP contribution in [0.15, 0.2) is 24.9 Å². The van der Waals surface area contributed by atoms with Crippen molar-refractivity contribution < 1.29 is 0 Å². The fraction of sp³-hybridized carbons (Fsp3) is 0.333. The average molecular weight is 161 g/mol. The van der Waals surface area contributed by atoms with Crippen molar-refractivity contribution >= 4 is 5.65 Å². The third-order valence-corrected chi connectivity index (χ3v) is 1.95. The molecule has 2 heterocycles. The van der Waals surface area contributed by atoms with Crippen LogP contribution in [0.4, 0.5) is 0 Å². The van der Waals surface area contributed by atoms with E-state index in [2.05, 4.69) is 23.8 Å². The molecule has 0 radical (unpaired) electrons. The van der Waals surface area contributed by atoms with E-state index in [-0.39, 0.29) is 0 Å². The predicted molar refractivity (Wildman–Crippen MR) is 47.1 cm³/mol. The summed E-state index contributed by atoms with van der Waals surface area (Å²) >= 11 is 0. The molecule has 3 nitrogen and oxygen atoms in total. The molecule has 0 aromatic carbocycles. The molecular formula is C9H11N3. The van der Waals surface area contributed by atoms with Crippen molar-refractivity contribution in [1.82, 2.24) is 14.4 Å². The van der Waals surface area contributed by atoms with E-state index in [1.807, 2.05) is 16.8 Å². The van der Waals surface area contributed by atoms with E-state index in [4.69, 9.17) is 0 Å². The molecule has 2 rings (SSSR count). The molecule has 3 heteroatoms. The van der Waals surface area contributed by atoms with Gasteiger partial charge in [-0.1, -0.05) is 13.8 Å². The molecule has 0 aliphatic heterocycles. The van der Waals surface area contributed by atoms with Crippen LogP contribution in [0.1, 0.15) is 25.3 Å². The van der Waals surface area contributed by atoms with Crippen LogP contribution in [-0.4, -0.2) is 14.4 Å². The van der Waals surface area contributed by atoms with Gasteiger partial charge in [0.15, 0.2) is 0 Å². The summed E-state index contributed by atoms with van der Waals surface area (Å²) < 4.78 is 1.94. The quantitative estimate of drug-likeness (QED) is 0.639. The maximum absolute atomic E-state index is 4.26. The Balaban J connectivity index is 2.73. The zero-order valence-electron chi connectivity index (χ0n) is 7.23. The number of aromatic nitrogens is 3. The maximum atomic E-state index is 4.26. The molecule has 0 bridgehead atoms. The minimum atomic E-state index is 0.476. The first-order valence-corrected chi connectivity index (χ1v) is 4.05. The molecule has 0 saturated heterocycles. The van der Waals surface area contributed by atoms with Gasteiger partial charge in [0.05, 0.1) is 0 Å². The normalized spacial score (nSPS) is 11.2. The van der Waals surface area contributed by atoms with Gasteiger partial charge in [-0.05, 0) is 5.92 Å². The van der Waals surface area contributed by atoms with Crippen LogP contribution in [-0.2, 0) is 0 Å². The number of imidazole rings is 1. The van der Waals surface area contributed by atoms with Gasteiger partial charge in [0.25, 0.3) is 0 Å². The van der Waals surface area contributed by atoms with Gasteiger partial charge in [0, 0.05) is 24.2 Å². The molecule has 12 heavy (non-hydrogen) atoms. The Morgan fingerprint density at radius 1 is 1.42 bits per heavy atom. The first kappa shape index (κ1) is 7.28. The zero-order valence-corrected chi connectivity index (χ0v) is 7.23. The van der Waals surface area contributed by atoms with Gasteiger partial charge in [-0.15, -0.1) is 0 Å². The second kappa shape index (κ2) is 2.59. The Labute approximate surface area is 71.1 Å². The van der Waals surface area contributed by atoms with Crippen LogP contribution in [0, 0.1) is 0 Å². The maximum Gasteiger partial charge on any atom is 0.142 e. The molecule has 0 spiro atoms. The summed E-state index contributed by atoms with van der Waals surface area (Å²) in [4.78, 5) is 8.39. The highest BCUT2D eigenvalue weighted by atomic mass is 15.0. The summed E-state index contributed by atoms with van der Waals surface area (Å²) in [6.45, 7) is 4.29. The Kier molecular flexibility index (Phi) is 1.57. The third-order valence-electron chi connectivity index (χ3n) is 1.95. The van der Waals surface area contributed by atoms with Crippen molar-refractivity contribution in [3.05, 3.63) is 30.5 Å². The van der Waals surface area contributed by atoms with E-state index in [0.29, 0.717) is 5.92 Å². The SMILES string of the molecule is CC(C)c1cncn2ccnc12. The number of fused-ring (bicyclic) bond motifs is 1. The second-order valence-electron chi connectivity index (χ2n) is 3.16. The van der Waals surface area contributed by atoms with Gasteiger partial charge in [-0.2, -0.15) is 0 Å². The highest BCUT2D eigenvalue weighted by Crippen LogP contribution is 2.16. The van der Waals surface area contributed by atoms with Crippen molar-refractivity contribution in [2.45, 2.75) is 19.8 Å². The highest BCUT2D eigenvalue weighted by Gasteiger charge is 2.05. The summed E-state index contributed by atoms with van der Waals surface area (Å²) in [6, 6.07) is 0. The molecular weight excluding hydrogens is 150 g/mol. The fourth-order valence-corrected chi connectivity index (χ4v) is 1.28. The minimum absolute atomic E-state index is 0.476. The molecule has 0 unspecified atom stereocenters. The molecule has 2 aromatic heterocycles. The molecule has 0 aliphatic rings. The van der Waals surface area contributed by atoms with Gasteiger partial charge < -0.3 is 0 Å². The summed E-state index contributed by atoms with van der Waals surface area (Å²) in [6.07, 6.45) is 7.36. The average Bonchev–Trinajstić information content (AvgIpc) is 2.49. The lowest BCUT2D eigenvalue weighted by atomic mass is 10.1. The van der Waals surface area contributed by atoms with Crippen LogP contribution in [0.2, 0.25) is 0 Å². The van der Waals surface area contributed by atoms with Crippen molar-refractivity contribution in [2.75, 3.05) is 0 Å². The monoisotopic (exact) mass is 161 g/mol. The topological polar surface area (TPSA) is 30.2 Å². The Hall–Kier alpha value is -1.38. The molecule has 0 atom stereocenters. The molecule has 0 amide bonds. The largest absolute Gasteiger partial charge is 0.290 e. The Morgan fingerprint density at radius 2 is 2.25 bits per heavy atom. The van der Waals surface area contributed by atoms with Crippen molar-refractivity contribution in [2.24, 2.45) is 0 Å². The van der Waals surface area contributed by atoms with E-state index in [0.717, 1.165) is 5.65 Å². The summed E-state index contributed by atoms with van der Waals surface area (Å²) in [5.74, 6) is 0.476. The first-order valence-electron chi connectivity index (χ1n) is 4.05. The van der Waals surface area contributed by atoms with Crippen LogP contribution in [0.5, 0.6) is 0 Å². The number of rotatable bonds is 1. The van der Waals surface area contributed by atoms with Crippen molar-refractivity contribution in [1.29, 1.82) is 0 Å². The Morgan fingerprint density at radius 3 is 3.00 bits per heavy atom. The minimum Gasteiger partial charge on any atom is -0.290 e. The molecule has 0 aliphatic carbocycles. The first-order chi connectivity index (χ1) is 5.79. The van der Waals surface area contributed by atoms with Gasteiger partial charge in [-0.25, -0.2) is 9.97 Å². The smallest absolute Gasteiger partial charge is 0.142 e. The van der Waals surface area contributed by atoms with E-state index in [1.165, 1.54) is 5.56 Å². The fourth-order valence-electron chi connectivity index (χ4n) is 1.28. The summed E-state index contributed by atoms with van der Waals surface area (Å²) in [7, 11) is 0. The molecule has 0 saturated carbocycles. The highest BCUT2D eigenvalue weighted by molar-refractivity contribution is 5.47. The van der Waals surface area contributed by atoms with E-state index in [9.17, 15) is 0 Å². The standard InChI is InChI=1S/C9H11N3/c1-7(2)8-5-10-6-12-4-3-11-9(8)12/h3-7H,1-2H3. The van der Waals surface area contributed by atoms with Gasteiger partial charge in [0.1, 0.15) is 12.0 Å². The van der Waals surface area contributed by atoms with Crippen LogP contribution >= 0.6 is 0 Å². The summed E-state index contributed by atoms with van der Waals surface area (Å²) in [5, 5.41) is 0. The van der Waals surface area contributed by atoms with Gasteiger partial charge >= 0.3 is 0 Å². The number of hydrogen-bond donors (Lipinski definition) is 0. The molecule has 2 aromatic rings. The van der Waals surface area contributed by atoms with Gasteiger partial charge in [-0.3, -0.25) is 4.40 Å². The molecule has 0 N–H and O–H groups in total. The lowest BCUT2D eigenvalue weighted by Gasteiger charge is -2.04. The van der Waals surface area contributed by atoms with Crippen molar-refractivity contribution in [3.63, 3.8) is 0 Å². The van der Waals surface area contributed by atoms with Crippen LogP contribution < -0.4 is 0 Å². The van der Waals surface area contributed by atoms with Gasteiger partial charge in [0.2, 0.25) is 0 Å². The predicted octanol–water partition coefficient (Wildman–Crippen LogP) is 1.85. The number of hydrogen-bond acceptors (Lipinski definition) is 2. The lowest BCUT2D eigenvalue weighted by Crippen LogP contribution is -1.95.